The lowest BCUT2D eigenvalue weighted by Gasteiger charge is -2.35. The fraction of sp³-hybridized carbons (Fsp3) is 0.562. The molecule has 0 heterocycles. The van der Waals surface area contributed by atoms with Gasteiger partial charge in [0.2, 0.25) is 0 Å². The Hall–Kier alpha value is -1.39. The summed E-state index contributed by atoms with van der Waals surface area (Å²) in [7, 11) is 2.00. The van der Waals surface area contributed by atoms with Gasteiger partial charge in [-0.3, -0.25) is 4.90 Å². The summed E-state index contributed by atoms with van der Waals surface area (Å²) in [6, 6.07) is 6.93. The molecular formula is C16H23NO3. The number of aliphatic hydroxyl groups is 1. The molecule has 1 aromatic rings. The zero-order chi connectivity index (χ0) is 14.6. The molecule has 0 aromatic heterocycles. The van der Waals surface area contributed by atoms with Gasteiger partial charge in [0.15, 0.2) is 0 Å². The number of benzene rings is 1. The van der Waals surface area contributed by atoms with Gasteiger partial charge in [0.05, 0.1) is 11.2 Å². The van der Waals surface area contributed by atoms with Gasteiger partial charge in [0.25, 0.3) is 0 Å². The first-order valence-corrected chi connectivity index (χ1v) is 7.22. The number of hydrogen-bond acceptors (Lipinski definition) is 3. The number of carboxylic acid groups (broad SMARTS) is 1. The lowest BCUT2D eigenvalue weighted by Crippen LogP contribution is -2.42. The molecule has 110 valence electrons. The molecule has 0 bridgehead atoms. The van der Waals surface area contributed by atoms with Crippen LogP contribution < -0.4 is 0 Å². The van der Waals surface area contributed by atoms with Crippen molar-refractivity contribution in [3.8, 4) is 0 Å². The minimum Gasteiger partial charge on any atom is -0.478 e. The van der Waals surface area contributed by atoms with E-state index < -0.39 is 11.6 Å². The van der Waals surface area contributed by atoms with Gasteiger partial charge in [0.1, 0.15) is 0 Å². The fourth-order valence-electron chi connectivity index (χ4n) is 2.99. The van der Waals surface area contributed by atoms with E-state index in [4.69, 9.17) is 5.11 Å². The highest BCUT2D eigenvalue weighted by Crippen LogP contribution is 2.28. The zero-order valence-corrected chi connectivity index (χ0v) is 12.0. The van der Waals surface area contributed by atoms with Crippen molar-refractivity contribution < 1.29 is 15.0 Å². The van der Waals surface area contributed by atoms with E-state index in [9.17, 15) is 9.90 Å². The van der Waals surface area contributed by atoms with E-state index in [0.29, 0.717) is 12.1 Å². The average Bonchev–Trinajstić information content (AvgIpc) is 2.39. The van der Waals surface area contributed by atoms with Crippen molar-refractivity contribution >= 4 is 5.97 Å². The summed E-state index contributed by atoms with van der Waals surface area (Å²) >= 11 is 0. The van der Waals surface area contributed by atoms with Gasteiger partial charge in [-0.15, -0.1) is 0 Å². The van der Waals surface area contributed by atoms with Gasteiger partial charge in [0, 0.05) is 13.1 Å². The Morgan fingerprint density at radius 1 is 1.20 bits per heavy atom. The molecule has 1 aliphatic carbocycles. The SMILES string of the molecule is CN(Cc1ccc(C(=O)O)cc1)CC1(O)CCCCC1. The summed E-state index contributed by atoms with van der Waals surface area (Å²) in [5, 5.41) is 19.4. The first kappa shape index (κ1) is 15.0. The van der Waals surface area contributed by atoms with E-state index in [2.05, 4.69) is 4.90 Å². The fourth-order valence-corrected chi connectivity index (χ4v) is 2.99. The van der Waals surface area contributed by atoms with Crippen molar-refractivity contribution in [2.24, 2.45) is 0 Å². The van der Waals surface area contributed by atoms with Crippen LogP contribution in [0.25, 0.3) is 0 Å². The Morgan fingerprint density at radius 2 is 1.80 bits per heavy atom. The third kappa shape index (κ3) is 4.05. The maximum Gasteiger partial charge on any atom is 0.335 e. The molecule has 1 saturated carbocycles. The van der Waals surface area contributed by atoms with E-state index in [1.165, 1.54) is 6.42 Å². The van der Waals surface area contributed by atoms with Crippen LogP contribution in [-0.2, 0) is 6.54 Å². The summed E-state index contributed by atoms with van der Waals surface area (Å²) in [4.78, 5) is 12.9. The molecule has 0 amide bonds. The topological polar surface area (TPSA) is 60.8 Å². The molecule has 0 unspecified atom stereocenters. The quantitative estimate of drug-likeness (QED) is 0.868. The van der Waals surface area contributed by atoms with Crippen molar-refractivity contribution in [3.63, 3.8) is 0 Å². The molecular weight excluding hydrogens is 254 g/mol. The average molecular weight is 277 g/mol. The minimum absolute atomic E-state index is 0.308. The monoisotopic (exact) mass is 277 g/mol. The number of likely N-dealkylation sites (N-methyl/N-ethyl adjacent to an activating group) is 1. The van der Waals surface area contributed by atoms with E-state index in [1.54, 1.807) is 12.1 Å². The maximum absolute atomic E-state index is 10.8. The predicted octanol–water partition coefficient (Wildman–Crippen LogP) is 2.51. The summed E-state index contributed by atoms with van der Waals surface area (Å²) < 4.78 is 0. The number of carboxylic acids is 1. The van der Waals surface area contributed by atoms with E-state index >= 15 is 0 Å². The zero-order valence-electron chi connectivity index (χ0n) is 12.0. The highest BCUT2D eigenvalue weighted by Gasteiger charge is 2.30. The van der Waals surface area contributed by atoms with Crippen LogP contribution in [0.2, 0.25) is 0 Å². The van der Waals surface area contributed by atoms with Crippen molar-refractivity contribution in [1.82, 2.24) is 4.90 Å². The molecule has 1 aromatic carbocycles. The maximum atomic E-state index is 10.8. The van der Waals surface area contributed by atoms with Gasteiger partial charge in [-0.25, -0.2) is 4.79 Å². The Bertz CT molecular complexity index is 449. The molecule has 4 nitrogen and oxygen atoms in total. The van der Waals surface area contributed by atoms with Crippen molar-refractivity contribution in [2.45, 2.75) is 44.2 Å². The lowest BCUT2D eigenvalue weighted by atomic mass is 9.84. The third-order valence-electron chi connectivity index (χ3n) is 4.00. The van der Waals surface area contributed by atoms with Gasteiger partial charge in [-0.05, 0) is 37.6 Å². The summed E-state index contributed by atoms with van der Waals surface area (Å²) in [5.41, 5.74) is 0.827. The van der Waals surface area contributed by atoms with Crippen LogP contribution in [0, 0.1) is 0 Å². The molecule has 2 rings (SSSR count). The van der Waals surface area contributed by atoms with Crippen LogP contribution in [0.1, 0.15) is 48.0 Å². The van der Waals surface area contributed by atoms with Crippen LogP contribution in [0.5, 0.6) is 0 Å². The minimum atomic E-state index is -0.901. The number of rotatable bonds is 5. The van der Waals surface area contributed by atoms with E-state index in [-0.39, 0.29) is 0 Å². The van der Waals surface area contributed by atoms with Crippen molar-refractivity contribution in [1.29, 1.82) is 0 Å². The summed E-state index contributed by atoms with van der Waals surface area (Å²) in [6.07, 6.45) is 5.21. The number of hydrogen-bond donors (Lipinski definition) is 2. The summed E-state index contributed by atoms with van der Waals surface area (Å²) in [5.74, 6) is -0.901. The molecule has 2 N–H and O–H groups in total. The largest absolute Gasteiger partial charge is 0.478 e. The molecule has 0 saturated heterocycles. The number of aromatic carboxylic acids is 1. The van der Waals surface area contributed by atoms with Crippen molar-refractivity contribution in [3.05, 3.63) is 35.4 Å². The van der Waals surface area contributed by atoms with E-state index in [1.807, 2.05) is 19.2 Å². The molecule has 0 spiro atoms. The normalized spacial score (nSPS) is 18.1. The molecule has 1 aliphatic rings. The van der Waals surface area contributed by atoms with Gasteiger partial charge < -0.3 is 10.2 Å². The standard InChI is InChI=1S/C16H23NO3/c1-17(12-16(20)9-3-2-4-10-16)11-13-5-7-14(8-6-13)15(18)19/h5-8,20H,2-4,9-12H2,1H3,(H,18,19). The molecule has 4 heteroatoms. The van der Waals surface area contributed by atoms with Crippen LogP contribution >= 0.6 is 0 Å². The second-order valence-corrected chi connectivity index (χ2v) is 5.96. The first-order chi connectivity index (χ1) is 9.48. The van der Waals surface area contributed by atoms with Gasteiger partial charge in [-0.2, -0.15) is 0 Å². The van der Waals surface area contributed by atoms with Crippen LogP contribution in [0.4, 0.5) is 0 Å². The Balaban J connectivity index is 1.90. The smallest absolute Gasteiger partial charge is 0.335 e. The first-order valence-electron chi connectivity index (χ1n) is 7.22. The third-order valence-corrected chi connectivity index (χ3v) is 4.00. The second-order valence-electron chi connectivity index (χ2n) is 5.96. The van der Waals surface area contributed by atoms with Crippen molar-refractivity contribution in [2.75, 3.05) is 13.6 Å². The highest BCUT2D eigenvalue weighted by molar-refractivity contribution is 5.87. The van der Waals surface area contributed by atoms with Gasteiger partial charge >= 0.3 is 5.97 Å². The Labute approximate surface area is 120 Å². The molecule has 20 heavy (non-hydrogen) atoms. The molecule has 1 fully saturated rings. The molecule has 0 radical (unpaired) electrons. The molecule has 0 aliphatic heterocycles. The van der Waals surface area contributed by atoms with Crippen LogP contribution in [0.15, 0.2) is 24.3 Å². The number of nitrogens with zero attached hydrogens (tertiary/aromatic N) is 1. The number of carbonyl (C=O) groups is 1. The Morgan fingerprint density at radius 3 is 2.35 bits per heavy atom. The predicted molar refractivity (Wildman–Crippen MR) is 77.8 cm³/mol. The Kier molecular flexibility index (Phi) is 4.78. The van der Waals surface area contributed by atoms with Gasteiger partial charge in [-0.1, -0.05) is 31.4 Å². The molecule has 0 atom stereocenters. The lowest BCUT2D eigenvalue weighted by molar-refractivity contribution is -0.0223. The highest BCUT2D eigenvalue weighted by atomic mass is 16.4. The van der Waals surface area contributed by atoms with Crippen LogP contribution in [-0.4, -0.2) is 40.3 Å². The summed E-state index contributed by atoms with van der Waals surface area (Å²) in [6.45, 7) is 1.40. The van der Waals surface area contributed by atoms with Crippen LogP contribution in [0.3, 0.4) is 0 Å². The van der Waals surface area contributed by atoms with E-state index in [0.717, 1.165) is 37.8 Å². The second kappa shape index (κ2) is 6.37.